The van der Waals surface area contributed by atoms with Crippen LogP contribution in [0.2, 0.25) is 0 Å². The highest BCUT2D eigenvalue weighted by Gasteiger charge is 2.16. The maximum absolute atomic E-state index is 12.4. The van der Waals surface area contributed by atoms with E-state index in [2.05, 4.69) is 31.6 Å². The molecular formula is C19H20BrN3O2. The van der Waals surface area contributed by atoms with Gasteiger partial charge in [-0.3, -0.25) is 10.1 Å². The third kappa shape index (κ3) is 5.41. The van der Waals surface area contributed by atoms with Crippen molar-refractivity contribution in [3.63, 3.8) is 0 Å². The summed E-state index contributed by atoms with van der Waals surface area (Å²) in [6.45, 7) is 1.30. The van der Waals surface area contributed by atoms with Crippen LogP contribution in [0, 0.1) is 0 Å². The number of ether oxygens (including phenoxy) is 1. The van der Waals surface area contributed by atoms with Crippen molar-refractivity contribution < 1.29 is 9.53 Å². The number of guanidine groups is 1. The Morgan fingerprint density at radius 3 is 2.76 bits per heavy atom. The Morgan fingerprint density at radius 2 is 2.04 bits per heavy atom. The first-order chi connectivity index (χ1) is 12.2. The number of anilines is 1. The summed E-state index contributed by atoms with van der Waals surface area (Å²) in [5, 5.41) is 6.03. The molecule has 1 atom stereocenters. The Hall–Kier alpha value is -2.18. The number of halogens is 1. The number of aliphatic imine (C=N–C) groups is 1. The number of carbonyl (C=O) groups is 1. The largest absolute Gasteiger partial charge is 0.376 e. The van der Waals surface area contributed by atoms with Crippen molar-refractivity contribution in [1.82, 2.24) is 5.32 Å². The van der Waals surface area contributed by atoms with Gasteiger partial charge in [0.2, 0.25) is 5.96 Å². The van der Waals surface area contributed by atoms with Crippen LogP contribution in [-0.4, -0.2) is 31.1 Å². The van der Waals surface area contributed by atoms with Crippen LogP contribution in [-0.2, 0) is 4.74 Å². The molecule has 1 aliphatic rings. The van der Waals surface area contributed by atoms with E-state index in [-0.39, 0.29) is 12.0 Å². The lowest BCUT2D eigenvalue weighted by Gasteiger charge is -2.13. The molecular weight excluding hydrogens is 382 g/mol. The minimum absolute atomic E-state index is 0.118. The number of carbonyl (C=O) groups excluding carboxylic acids is 1. The number of hydrogen-bond donors (Lipinski definition) is 2. The minimum atomic E-state index is -0.200. The topological polar surface area (TPSA) is 62.7 Å². The Morgan fingerprint density at radius 1 is 1.20 bits per heavy atom. The van der Waals surface area contributed by atoms with E-state index >= 15 is 0 Å². The molecule has 1 aliphatic heterocycles. The third-order valence-corrected chi connectivity index (χ3v) is 4.33. The van der Waals surface area contributed by atoms with Gasteiger partial charge in [-0.1, -0.05) is 40.2 Å². The van der Waals surface area contributed by atoms with Gasteiger partial charge >= 0.3 is 0 Å². The predicted octanol–water partition coefficient (Wildman–Crippen LogP) is 3.83. The Kier molecular flexibility index (Phi) is 6.19. The molecule has 0 spiro atoms. The van der Waals surface area contributed by atoms with E-state index < -0.39 is 0 Å². The highest BCUT2D eigenvalue weighted by molar-refractivity contribution is 9.10. The van der Waals surface area contributed by atoms with Crippen molar-refractivity contribution in [1.29, 1.82) is 0 Å². The van der Waals surface area contributed by atoms with Crippen LogP contribution in [0.25, 0.3) is 0 Å². The van der Waals surface area contributed by atoms with Gasteiger partial charge in [-0.05, 0) is 43.2 Å². The minimum Gasteiger partial charge on any atom is -0.376 e. The van der Waals surface area contributed by atoms with Gasteiger partial charge in [0.25, 0.3) is 5.91 Å². The fourth-order valence-corrected chi connectivity index (χ4v) is 2.96. The first kappa shape index (κ1) is 17.6. The fraction of sp³-hybridized carbons (Fsp3) is 0.263. The molecule has 2 aromatic rings. The quantitative estimate of drug-likeness (QED) is 0.604. The highest BCUT2D eigenvalue weighted by Crippen LogP contribution is 2.16. The van der Waals surface area contributed by atoms with Crippen LogP contribution in [0.5, 0.6) is 0 Å². The SMILES string of the molecule is O=C(NC(=NC[C@@H]1CCCO1)Nc1cccc(Br)c1)c1ccccc1. The van der Waals surface area contributed by atoms with Gasteiger partial charge in [-0.25, -0.2) is 4.99 Å². The van der Waals surface area contributed by atoms with Crippen LogP contribution in [0.4, 0.5) is 5.69 Å². The molecule has 3 rings (SSSR count). The number of benzene rings is 2. The molecule has 130 valence electrons. The zero-order valence-electron chi connectivity index (χ0n) is 13.7. The fourth-order valence-electron chi connectivity index (χ4n) is 2.56. The van der Waals surface area contributed by atoms with Crippen molar-refractivity contribution in [2.75, 3.05) is 18.5 Å². The van der Waals surface area contributed by atoms with Gasteiger partial charge in [-0.15, -0.1) is 0 Å². The summed E-state index contributed by atoms with van der Waals surface area (Å²) >= 11 is 3.45. The molecule has 0 aliphatic carbocycles. The summed E-state index contributed by atoms with van der Waals surface area (Å²) < 4.78 is 6.56. The molecule has 2 N–H and O–H groups in total. The van der Waals surface area contributed by atoms with E-state index in [9.17, 15) is 4.79 Å². The molecule has 0 saturated carbocycles. The van der Waals surface area contributed by atoms with E-state index in [0.717, 1.165) is 29.6 Å². The second-order valence-electron chi connectivity index (χ2n) is 5.78. The van der Waals surface area contributed by atoms with Crippen LogP contribution >= 0.6 is 15.9 Å². The van der Waals surface area contributed by atoms with Gasteiger partial charge in [0, 0.05) is 22.3 Å². The molecule has 5 nitrogen and oxygen atoms in total. The van der Waals surface area contributed by atoms with Crippen LogP contribution in [0.3, 0.4) is 0 Å². The lowest BCUT2D eigenvalue weighted by molar-refractivity contribution is 0.0975. The maximum atomic E-state index is 12.4. The monoisotopic (exact) mass is 401 g/mol. The average molecular weight is 402 g/mol. The molecule has 0 bridgehead atoms. The second-order valence-corrected chi connectivity index (χ2v) is 6.70. The van der Waals surface area contributed by atoms with Crippen molar-refractivity contribution >= 4 is 33.5 Å². The highest BCUT2D eigenvalue weighted by atomic mass is 79.9. The van der Waals surface area contributed by atoms with Gasteiger partial charge in [0.05, 0.1) is 12.6 Å². The smallest absolute Gasteiger partial charge is 0.257 e. The predicted molar refractivity (Wildman–Crippen MR) is 103 cm³/mol. The maximum Gasteiger partial charge on any atom is 0.257 e. The second kappa shape index (κ2) is 8.78. The van der Waals surface area contributed by atoms with Gasteiger partial charge in [0.1, 0.15) is 0 Å². The molecule has 25 heavy (non-hydrogen) atoms. The summed E-state index contributed by atoms with van der Waals surface area (Å²) in [6.07, 6.45) is 2.18. The van der Waals surface area contributed by atoms with Crippen LogP contribution in [0.1, 0.15) is 23.2 Å². The van der Waals surface area contributed by atoms with Crippen molar-refractivity contribution in [2.45, 2.75) is 18.9 Å². The summed E-state index contributed by atoms with van der Waals surface area (Å²) in [7, 11) is 0. The molecule has 1 amide bonds. The normalized spacial score (nSPS) is 17.3. The van der Waals surface area contributed by atoms with Crippen molar-refractivity contribution in [3.05, 3.63) is 64.6 Å². The number of nitrogens with zero attached hydrogens (tertiary/aromatic N) is 1. The summed E-state index contributed by atoms with van der Waals surface area (Å²) in [5.41, 5.74) is 1.43. The van der Waals surface area contributed by atoms with Gasteiger partial charge in [0.15, 0.2) is 0 Å². The van der Waals surface area contributed by atoms with E-state index in [1.54, 1.807) is 12.1 Å². The summed E-state index contributed by atoms with van der Waals surface area (Å²) in [4.78, 5) is 17.0. The van der Waals surface area contributed by atoms with Crippen molar-refractivity contribution in [3.8, 4) is 0 Å². The number of amides is 1. The molecule has 6 heteroatoms. The summed E-state index contributed by atoms with van der Waals surface area (Å²) in [6, 6.07) is 16.8. The first-order valence-electron chi connectivity index (χ1n) is 8.26. The van der Waals surface area contributed by atoms with Gasteiger partial charge in [-0.2, -0.15) is 0 Å². The van der Waals surface area contributed by atoms with Crippen LogP contribution in [0.15, 0.2) is 64.1 Å². The zero-order chi connectivity index (χ0) is 17.5. The molecule has 1 heterocycles. The molecule has 2 aromatic carbocycles. The first-order valence-corrected chi connectivity index (χ1v) is 9.05. The van der Waals surface area contributed by atoms with E-state index in [1.807, 2.05) is 42.5 Å². The average Bonchev–Trinajstić information content (AvgIpc) is 3.14. The molecule has 1 saturated heterocycles. The number of hydrogen-bond acceptors (Lipinski definition) is 3. The number of nitrogens with one attached hydrogen (secondary N) is 2. The molecule has 0 unspecified atom stereocenters. The van der Waals surface area contributed by atoms with Crippen LogP contribution < -0.4 is 10.6 Å². The Bertz CT molecular complexity index is 743. The molecule has 1 fully saturated rings. The van der Waals surface area contributed by atoms with Gasteiger partial charge < -0.3 is 10.1 Å². The van der Waals surface area contributed by atoms with E-state index in [0.29, 0.717) is 18.1 Å². The standard InChI is InChI=1S/C19H20BrN3O2/c20-15-8-4-9-16(12-15)22-19(21-13-17-10-5-11-25-17)23-18(24)14-6-2-1-3-7-14/h1-4,6-9,12,17H,5,10-11,13H2,(H2,21,22,23,24)/t17-/m0/s1. The Labute approximate surface area is 155 Å². The lowest BCUT2D eigenvalue weighted by atomic mass is 10.2. The van der Waals surface area contributed by atoms with E-state index in [1.165, 1.54) is 0 Å². The Balaban J connectivity index is 1.73. The zero-order valence-corrected chi connectivity index (χ0v) is 15.3. The molecule has 0 radical (unpaired) electrons. The molecule has 0 aromatic heterocycles. The third-order valence-electron chi connectivity index (χ3n) is 3.83. The lowest BCUT2D eigenvalue weighted by Crippen LogP contribution is -2.36. The summed E-state index contributed by atoms with van der Waals surface area (Å²) in [5.74, 6) is 0.219. The number of rotatable bonds is 4. The van der Waals surface area contributed by atoms with E-state index in [4.69, 9.17) is 4.74 Å². The van der Waals surface area contributed by atoms with Crippen molar-refractivity contribution in [2.24, 2.45) is 4.99 Å².